The van der Waals surface area contributed by atoms with Crippen molar-refractivity contribution in [2.45, 2.75) is 39.2 Å². The van der Waals surface area contributed by atoms with Gasteiger partial charge in [-0.1, -0.05) is 75.4 Å². The Hall–Kier alpha value is -1.60. The van der Waals surface area contributed by atoms with Crippen molar-refractivity contribution in [3.05, 3.63) is 71.3 Å². The smallest absolute Gasteiger partial charge is 0.0663 e. The van der Waals surface area contributed by atoms with Gasteiger partial charge in [-0.3, -0.25) is 0 Å². The molecule has 0 amide bonds. The van der Waals surface area contributed by atoms with Crippen molar-refractivity contribution in [3.8, 4) is 0 Å². The molecule has 106 valence electrons. The van der Waals surface area contributed by atoms with Crippen molar-refractivity contribution in [1.82, 2.24) is 0 Å². The summed E-state index contributed by atoms with van der Waals surface area (Å²) in [5.41, 5.74) is 10.1. The number of benzene rings is 2. The standard InChI is InChI=1S/C19H25N/c1-4-19(20,17-10-6-5-7-11-17)18-12-8-9-16(14-18)13-15(2)3/h5-12,14-15H,4,13,20H2,1-3H3. The molecule has 2 N–H and O–H groups in total. The van der Waals surface area contributed by atoms with Crippen LogP contribution in [0.2, 0.25) is 0 Å². The van der Waals surface area contributed by atoms with E-state index in [9.17, 15) is 0 Å². The number of rotatable bonds is 5. The summed E-state index contributed by atoms with van der Waals surface area (Å²) in [6, 6.07) is 19.2. The Labute approximate surface area is 122 Å². The van der Waals surface area contributed by atoms with Crippen molar-refractivity contribution in [2.24, 2.45) is 11.7 Å². The van der Waals surface area contributed by atoms with Crippen LogP contribution in [0.3, 0.4) is 0 Å². The van der Waals surface area contributed by atoms with Crippen molar-refractivity contribution >= 4 is 0 Å². The van der Waals surface area contributed by atoms with E-state index in [1.54, 1.807) is 0 Å². The van der Waals surface area contributed by atoms with Crippen molar-refractivity contribution in [1.29, 1.82) is 0 Å². The first-order valence-electron chi connectivity index (χ1n) is 7.50. The Kier molecular flexibility index (Phi) is 4.61. The molecule has 0 aliphatic rings. The third-order valence-electron chi connectivity index (χ3n) is 3.93. The van der Waals surface area contributed by atoms with Crippen LogP contribution in [0.15, 0.2) is 54.6 Å². The molecule has 2 aromatic rings. The predicted octanol–water partition coefficient (Wildman–Crippen LogP) is 4.50. The highest BCUT2D eigenvalue weighted by molar-refractivity contribution is 5.39. The van der Waals surface area contributed by atoms with Gasteiger partial charge in [-0.15, -0.1) is 0 Å². The van der Waals surface area contributed by atoms with E-state index in [-0.39, 0.29) is 0 Å². The monoisotopic (exact) mass is 267 g/mol. The molecule has 0 saturated heterocycles. The minimum absolute atomic E-state index is 0.395. The van der Waals surface area contributed by atoms with Gasteiger partial charge in [-0.25, -0.2) is 0 Å². The SMILES string of the molecule is CCC(N)(c1ccccc1)c1cccc(CC(C)C)c1. The number of hydrogen-bond acceptors (Lipinski definition) is 1. The molecule has 0 fully saturated rings. The largest absolute Gasteiger partial charge is 0.318 e. The van der Waals surface area contributed by atoms with Crippen molar-refractivity contribution < 1.29 is 0 Å². The fourth-order valence-corrected chi connectivity index (χ4v) is 2.76. The normalized spacial score (nSPS) is 14.2. The highest BCUT2D eigenvalue weighted by Gasteiger charge is 2.27. The summed E-state index contributed by atoms with van der Waals surface area (Å²) in [7, 11) is 0. The van der Waals surface area contributed by atoms with E-state index in [0.717, 1.165) is 12.8 Å². The third kappa shape index (κ3) is 3.10. The number of nitrogens with two attached hydrogens (primary N) is 1. The van der Waals surface area contributed by atoms with E-state index < -0.39 is 5.54 Å². The number of hydrogen-bond donors (Lipinski definition) is 1. The molecular formula is C19H25N. The molecule has 2 aromatic carbocycles. The first kappa shape index (κ1) is 14.8. The molecule has 20 heavy (non-hydrogen) atoms. The van der Waals surface area contributed by atoms with E-state index in [4.69, 9.17) is 5.73 Å². The summed E-state index contributed by atoms with van der Waals surface area (Å²) >= 11 is 0. The molecular weight excluding hydrogens is 242 g/mol. The minimum Gasteiger partial charge on any atom is -0.318 e. The van der Waals surface area contributed by atoms with E-state index in [0.29, 0.717) is 5.92 Å². The zero-order valence-corrected chi connectivity index (χ0v) is 12.8. The van der Waals surface area contributed by atoms with Crippen molar-refractivity contribution in [2.75, 3.05) is 0 Å². The van der Waals surface area contributed by atoms with Crippen LogP contribution in [0.1, 0.15) is 43.9 Å². The molecule has 1 atom stereocenters. The van der Waals surface area contributed by atoms with E-state index in [1.165, 1.54) is 16.7 Å². The molecule has 1 heteroatoms. The van der Waals surface area contributed by atoms with Gasteiger partial charge in [-0.05, 0) is 35.4 Å². The van der Waals surface area contributed by atoms with Crippen molar-refractivity contribution in [3.63, 3.8) is 0 Å². The lowest BCUT2D eigenvalue weighted by molar-refractivity contribution is 0.517. The van der Waals surface area contributed by atoms with Crippen LogP contribution in [0.4, 0.5) is 0 Å². The van der Waals surface area contributed by atoms with Gasteiger partial charge in [0.25, 0.3) is 0 Å². The van der Waals surface area contributed by atoms with Crippen LogP contribution >= 0.6 is 0 Å². The Balaban J connectivity index is 2.41. The third-order valence-corrected chi connectivity index (χ3v) is 3.93. The quantitative estimate of drug-likeness (QED) is 0.848. The topological polar surface area (TPSA) is 26.0 Å². The first-order chi connectivity index (χ1) is 9.56. The van der Waals surface area contributed by atoms with E-state index in [2.05, 4.69) is 69.3 Å². The second-order valence-corrected chi connectivity index (χ2v) is 5.99. The lowest BCUT2D eigenvalue weighted by atomic mass is 9.80. The molecule has 0 aliphatic carbocycles. The van der Waals surface area contributed by atoms with Crippen LogP contribution in [0, 0.1) is 5.92 Å². The average molecular weight is 267 g/mol. The maximum Gasteiger partial charge on any atom is 0.0663 e. The lowest BCUT2D eigenvalue weighted by Gasteiger charge is -2.30. The summed E-state index contributed by atoms with van der Waals surface area (Å²) < 4.78 is 0. The van der Waals surface area contributed by atoms with Gasteiger partial charge in [0.2, 0.25) is 0 Å². The molecule has 2 rings (SSSR count). The zero-order valence-electron chi connectivity index (χ0n) is 12.8. The van der Waals surface area contributed by atoms with E-state index >= 15 is 0 Å². The Morgan fingerprint density at radius 1 is 0.950 bits per heavy atom. The maximum atomic E-state index is 6.74. The molecule has 0 heterocycles. The zero-order chi connectivity index (χ0) is 14.6. The molecule has 0 saturated carbocycles. The highest BCUT2D eigenvalue weighted by Crippen LogP contribution is 2.30. The molecule has 0 radical (unpaired) electrons. The van der Waals surface area contributed by atoms with Crippen LogP contribution in [-0.4, -0.2) is 0 Å². The van der Waals surface area contributed by atoms with Crippen LogP contribution in [0.25, 0.3) is 0 Å². The van der Waals surface area contributed by atoms with Crippen LogP contribution in [0.5, 0.6) is 0 Å². The maximum absolute atomic E-state index is 6.74. The summed E-state index contributed by atoms with van der Waals surface area (Å²) in [6.45, 7) is 6.65. The summed E-state index contributed by atoms with van der Waals surface area (Å²) in [5.74, 6) is 0.663. The molecule has 0 bridgehead atoms. The molecule has 0 spiro atoms. The highest BCUT2D eigenvalue weighted by atomic mass is 14.7. The van der Waals surface area contributed by atoms with E-state index in [1.807, 2.05) is 6.07 Å². The first-order valence-corrected chi connectivity index (χ1v) is 7.50. The summed E-state index contributed by atoms with van der Waals surface area (Å²) in [5, 5.41) is 0. The van der Waals surface area contributed by atoms with Gasteiger partial charge in [-0.2, -0.15) is 0 Å². The fourth-order valence-electron chi connectivity index (χ4n) is 2.76. The van der Waals surface area contributed by atoms with Gasteiger partial charge >= 0.3 is 0 Å². The molecule has 1 unspecified atom stereocenters. The second kappa shape index (κ2) is 6.23. The Morgan fingerprint density at radius 3 is 2.20 bits per heavy atom. The average Bonchev–Trinajstić information content (AvgIpc) is 2.47. The van der Waals surface area contributed by atoms with Crippen LogP contribution < -0.4 is 5.73 Å². The minimum atomic E-state index is -0.395. The van der Waals surface area contributed by atoms with Gasteiger partial charge in [0.1, 0.15) is 0 Å². The fraction of sp³-hybridized carbons (Fsp3) is 0.368. The lowest BCUT2D eigenvalue weighted by Crippen LogP contribution is -2.37. The molecule has 1 nitrogen and oxygen atoms in total. The predicted molar refractivity (Wildman–Crippen MR) is 86.7 cm³/mol. The van der Waals surface area contributed by atoms with Gasteiger partial charge in [0.05, 0.1) is 5.54 Å². The molecule has 0 aromatic heterocycles. The van der Waals surface area contributed by atoms with Gasteiger partial charge < -0.3 is 5.73 Å². The van der Waals surface area contributed by atoms with Crippen LogP contribution in [-0.2, 0) is 12.0 Å². The Bertz CT molecular complexity index is 545. The second-order valence-electron chi connectivity index (χ2n) is 5.99. The summed E-state index contributed by atoms with van der Waals surface area (Å²) in [4.78, 5) is 0. The molecule has 0 aliphatic heterocycles. The van der Waals surface area contributed by atoms with Gasteiger partial charge in [0.15, 0.2) is 0 Å². The van der Waals surface area contributed by atoms with Gasteiger partial charge in [0, 0.05) is 0 Å². The Morgan fingerprint density at radius 2 is 1.60 bits per heavy atom. The summed E-state index contributed by atoms with van der Waals surface area (Å²) in [6.07, 6.45) is 1.99.